The quantitative estimate of drug-likeness (QED) is 0.326. The van der Waals surface area contributed by atoms with Gasteiger partial charge in [-0.05, 0) is 72.6 Å². The summed E-state index contributed by atoms with van der Waals surface area (Å²) < 4.78 is 55.7. The van der Waals surface area contributed by atoms with Gasteiger partial charge in [0.25, 0.3) is 0 Å². The molecule has 2 heterocycles. The molecule has 0 amide bonds. The number of aliphatic carboxylic acids is 1. The van der Waals surface area contributed by atoms with Crippen molar-refractivity contribution in [3.8, 4) is 28.5 Å². The third-order valence-electron chi connectivity index (χ3n) is 7.50. The minimum atomic E-state index is -3.10. The lowest BCUT2D eigenvalue weighted by atomic mass is 9.90. The van der Waals surface area contributed by atoms with Crippen LogP contribution in [0.3, 0.4) is 0 Å². The van der Waals surface area contributed by atoms with Crippen LogP contribution in [0.1, 0.15) is 59.1 Å². The van der Waals surface area contributed by atoms with E-state index in [2.05, 4.69) is 4.98 Å². The number of aromatic nitrogens is 1. The number of aryl methyl sites for hydroxylation is 1. The van der Waals surface area contributed by atoms with Gasteiger partial charge in [0, 0.05) is 30.0 Å². The molecule has 1 aliphatic heterocycles. The van der Waals surface area contributed by atoms with E-state index < -0.39 is 21.6 Å². The first-order valence-corrected chi connectivity index (χ1v) is 15.3. The van der Waals surface area contributed by atoms with Crippen LogP contribution in [0.4, 0.5) is 4.39 Å². The molecule has 212 valence electrons. The van der Waals surface area contributed by atoms with Crippen LogP contribution in [-0.4, -0.2) is 49.7 Å². The van der Waals surface area contributed by atoms with Crippen molar-refractivity contribution in [1.82, 2.24) is 4.98 Å². The molecule has 0 bridgehead atoms. The number of rotatable bonds is 10. The highest BCUT2D eigenvalue weighted by Gasteiger charge is 2.31. The average molecular weight is 570 g/mol. The third-order valence-corrected chi connectivity index (χ3v) is 8.53. The molecule has 3 aromatic rings. The van der Waals surface area contributed by atoms with Crippen molar-refractivity contribution in [3.63, 3.8) is 0 Å². The van der Waals surface area contributed by atoms with Gasteiger partial charge in [-0.1, -0.05) is 18.2 Å². The molecule has 5 rings (SSSR count). The largest absolute Gasteiger partial charge is 0.492 e. The van der Waals surface area contributed by atoms with Crippen molar-refractivity contribution in [3.05, 3.63) is 70.2 Å². The summed E-state index contributed by atoms with van der Waals surface area (Å²) in [6.07, 6.45) is 4.33. The van der Waals surface area contributed by atoms with Crippen molar-refractivity contribution in [2.24, 2.45) is 0 Å². The maximum atomic E-state index is 15.4. The van der Waals surface area contributed by atoms with Crippen LogP contribution in [0.15, 0.2) is 36.5 Å². The molecule has 1 unspecified atom stereocenters. The number of sulfone groups is 1. The molecule has 2 aromatic carbocycles. The van der Waals surface area contributed by atoms with Crippen LogP contribution in [-0.2, 0) is 21.1 Å². The summed E-state index contributed by atoms with van der Waals surface area (Å²) >= 11 is 0. The summed E-state index contributed by atoms with van der Waals surface area (Å²) in [5.41, 5.74) is 5.99. The maximum Gasteiger partial charge on any atom is 0.304 e. The average Bonchev–Trinajstić information content (AvgIpc) is 3.48. The fourth-order valence-corrected chi connectivity index (χ4v) is 6.29. The van der Waals surface area contributed by atoms with E-state index in [4.69, 9.17) is 19.3 Å². The first kappa shape index (κ1) is 27.9. The molecule has 0 saturated heterocycles. The standard InChI is InChI=1S/C30H32FNO7S/c1-17-12-26(37-10-5-11-40(3,35)36)30(31)18(2)29(17)22-7-4-6-21-20(22)8-9-24(21)39-27-14-25-23(15-32-27)19(16-38-25)13-28(33)34/h4,6-7,12,14-15,19,24H,5,8-11,13,16H2,1-3H3,(H,33,34)/t19-,24?/m0/s1. The minimum Gasteiger partial charge on any atom is -0.492 e. The van der Waals surface area contributed by atoms with Crippen molar-refractivity contribution >= 4 is 15.8 Å². The number of carbonyl (C=O) groups is 1. The van der Waals surface area contributed by atoms with E-state index in [0.717, 1.165) is 46.2 Å². The Kier molecular flexibility index (Phi) is 7.72. The highest BCUT2D eigenvalue weighted by molar-refractivity contribution is 7.90. The molecule has 10 heteroatoms. The molecular formula is C30H32FNO7S. The first-order valence-electron chi connectivity index (χ1n) is 13.3. The summed E-state index contributed by atoms with van der Waals surface area (Å²) in [4.78, 5) is 15.6. The number of halogens is 1. The summed E-state index contributed by atoms with van der Waals surface area (Å²) in [5, 5.41) is 9.13. The normalized spacial score (nSPS) is 17.7. The molecule has 1 N–H and O–H groups in total. The maximum absolute atomic E-state index is 15.4. The van der Waals surface area contributed by atoms with Gasteiger partial charge in [-0.25, -0.2) is 17.8 Å². The van der Waals surface area contributed by atoms with Crippen LogP contribution in [0.25, 0.3) is 11.1 Å². The highest BCUT2D eigenvalue weighted by atomic mass is 32.2. The minimum absolute atomic E-state index is 0.0105. The van der Waals surface area contributed by atoms with Gasteiger partial charge in [-0.2, -0.15) is 0 Å². The van der Waals surface area contributed by atoms with E-state index in [1.54, 1.807) is 25.3 Å². The van der Waals surface area contributed by atoms with Gasteiger partial charge < -0.3 is 19.3 Å². The molecule has 1 aromatic heterocycles. The summed E-state index contributed by atoms with van der Waals surface area (Å²) in [6.45, 7) is 4.07. The Balaban J connectivity index is 1.36. The first-order chi connectivity index (χ1) is 19.0. The Morgan fingerprint density at radius 3 is 2.77 bits per heavy atom. The van der Waals surface area contributed by atoms with Gasteiger partial charge in [0.05, 0.1) is 25.4 Å². The molecule has 0 fully saturated rings. The molecule has 2 atom stereocenters. The lowest BCUT2D eigenvalue weighted by Gasteiger charge is -2.19. The number of benzene rings is 2. The second kappa shape index (κ2) is 11.1. The predicted molar refractivity (Wildman–Crippen MR) is 148 cm³/mol. The molecule has 0 radical (unpaired) electrons. The molecule has 1 aliphatic carbocycles. The topological polar surface area (TPSA) is 112 Å². The van der Waals surface area contributed by atoms with Crippen molar-refractivity contribution in [1.29, 1.82) is 0 Å². The van der Waals surface area contributed by atoms with E-state index in [1.807, 2.05) is 25.1 Å². The van der Waals surface area contributed by atoms with Crippen molar-refractivity contribution in [2.75, 3.05) is 25.2 Å². The smallest absolute Gasteiger partial charge is 0.304 e. The number of ether oxygens (including phenoxy) is 3. The molecule has 40 heavy (non-hydrogen) atoms. The monoisotopic (exact) mass is 569 g/mol. The predicted octanol–water partition coefficient (Wildman–Crippen LogP) is 5.34. The van der Waals surface area contributed by atoms with Gasteiger partial charge in [0.1, 0.15) is 21.7 Å². The van der Waals surface area contributed by atoms with Gasteiger partial charge in [0.15, 0.2) is 11.6 Å². The molecule has 2 aliphatic rings. The van der Waals surface area contributed by atoms with Gasteiger partial charge in [0.2, 0.25) is 5.88 Å². The molecule has 0 spiro atoms. The lowest BCUT2D eigenvalue weighted by molar-refractivity contribution is -0.137. The number of nitrogens with zero attached hydrogens (tertiary/aromatic N) is 1. The Labute approximate surface area is 233 Å². The Morgan fingerprint density at radius 2 is 2.02 bits per heavy atom. The molecule has 0 saturated carbocycles. The number of fused-ring (bicyclic) bond motifs is 2. The fourth-order valence-electron chi connectivity index (χ4n) is 5.65. The van der Waals surface area contributed by atoms with Crippen LogP contribution in [0.2, 0.25) is 0 Å². The zero-order valence-corrected chi connectivity index (χ0v) is 23.5. The fraction of sp³-hybridized carbons (Fsp3) is 0.400. The highest BCUT2D eigenvalue weighted by Crippen LogP contribution is 2.44. The second-order valence-corrected chi connectivity index (χ2v) is 12.8. The zero-order valence-electron chi connectivity index (χ0n) is 22.7. The van der Waals surface area contributed by atoms with E-state index in [0.29, 0.717) is 30.2 Å². The summed E-state index contributed by atoms with van der Waals surface area (Å²) in [7, 11) is -3.10. The second-order valence-electron chi connectivity index (χ2n) is 10.5. The number of carboxylic acid groups (broad SMARTS) is 1. The number of hydrogen-bond donors (Lipinski definition) is 1. The van der Waals surface area contributed by atoms with Gasteiger partial charge in [-0.3, -0.25) is 4.79 Å². The third kappa shape index (κ3) is 5.77. The Morgan fingerprint density at radius 1 is 1.23 bits per heavy atom. The summed E-state index contributed by atoms with van der Waals surface area (Å²) in [5.74, 6) is -0.429. The molecular weight excluding hydrogens is 537 g/mol. The Hall–Kier alpha value is -3.66. The lowest BCUT2D eigenvalue weighted by Crippen LogP contribution is -2.09. The van der Waals surface area contributed by atoms with E-state index in [9.17, 15) is 13.2 Å². The van der Waals surface area contributed by atoms with Crippen LogP contribution in [0.5, 0.6) is 17.4 Å². The SMILES string of the molecule is Cc1cc(OCCCS(C)(=O)=O)c(F)c(C)c1-c1cccc2c1CCC2Oc1cc2c(cn1)[C@@H](CC(=O)O)CO2. The Bertz CT molecular complexity index is 1570. The van der Waals surface area contributed by atoms with E-state index >= 15 is 4.39 Å². The van der Waals surface area contributed by atoms with E-state index in [-0.39, 0.29) is 36.6 Å². The van der Waals surface area contributed by atoms with Crippen LogP contribution < -0.4 is 14.2 Å². The van der Waals surface area contributed by atoms with Crippen molar-refractivity contribution < 1.29 is 36.9 Å². The zero-order chi connectivity index (χ0) is 28.6. The van der Waals surface area contributed by atoms with Gasteiger partial charge >= 0.3 is 5.97 Å². The van der Waals surface area contributed by atoms with E-state index in [1.165, 1.54) is 6.26 Å². The van der Waals surface area contributed by atoms with Crippen LogP contribution in [0, 0.1) is 19.7 Å². The number of hydrogen-bond acceptors (Lipinski definition) is 7. The van der Waals surface area contributed by atoms with Gasteiger partial charge in [-0.15, -0.1) is 0 Å². The number of carboxylic acids is 1. The summed E-state index contributed by atoms with van der Waals surface area (Å²) in [6, 6.07) is 9.35. The molecule has 8 nitrogen and oxygen atoms in total. The van der Waals surface area contributed by atoms with Crippen LogP contribution >= 0.6 is 0 Å². The van der Waals surface area contributed by atoms with Crippen molar-refractivity contribution in [2.45, 2.75) is 51.6 Å². The number of pyridine rings is 1.